The highest BCUT2D eigenvalue weighted by molar-refractivity contribution is 4.96. The van der Waals surface area contributed by atoms with Crippen molar-refractivity contribution in [2.24, 2.45) is 5.92 Å². The molecule has 0 radical (unpaired) electrons. The molecule has 52 valence electrons. The van der Waals surface area contributed by atoms with Crippen molar-refractivity contribution in [2.75, 3.05) is 0 Å². The average molecular weight is 126 g/mol. The molecule has 0 amide bonds. The van der Waals surface area contributed by atoms with Gasteiger partial charge in [0.05, 0.1) is 12.2 Å². The van der Waals surface area contributed by atoms with Gasteiger partial charge in [-0.3, -0.25) is 0 Å². The van der Waals surface area contributed by atoms with E-state index in [1.54, 1.807) is 0 Å². The van der Waals surface area contributed by atoms with Crippen LogP contribution in [0.1, 0.15) is 32.6 Å². The molecule has 1 aliphatic heterocycles. The van der Waals surface area contributed by atoms with E-state index in [0.717, 1.165) is 5.92 Å². The fourth-order valence-electron chi connectivity index (χ4n) is 2.03. The highest BCUT2D eigenvalue weighted by Crippen LogP contribution is 2.44. The Balaban J connectivity index is 1.84. The number of hydrogen-bond acceptors (Lipinski definition) is 1. The molecule has 1 nitrogen and oxygen atoms in total. The van der Waals surface area contributed by atoms with Crippen molar-refractivity contribution in [3.05, 3.63) is 0 Å². The summed E-state index contributed by atoms with van der Waals surface area (Å²) in [6, 6.07) is 0. The first-order chi connectivity index (χ1) is 4.42. The van der Waals surface area contributed by atoms with E-state index in [1.807, 2.05) is 0 Å². The van der Waals surface area contributed by atoms with Crippen molar-refractivity contribution in [2.45, 2.75) is 44.8 Å². The molecule has 2 fully saturated rings. The summed E-state index contributed by atoms with van der Waals surface area (Å²) >= 11 is 0. The topological polar surface area (TPSA) is 12.5 Å². The number of epoxide rings is 1. The van der Waals surface area contributed by atoms with Crippen molar-refractivity contribution in [1.82, 2.24) is 0 Å². The molecule has 1 aliphatic carbocycles. The third-order valence-corrected chi connectivity index (χ3v) is 2.57. The van der Waals surface area contributed by atoms with Gasteiger partial charge in [-0.1, -0.05) is 13.3 Å². The second-order valence-corrected chi connectivity index (χ2v) is 3.27. The first-order valence-corrected chi connectivity index (χ1v) is 4.07. The average Bonchev–Trinajstić information content (AvgIpc) is 2.54. The van der Waals surface area contributed by atoms with Crippen molar-refractivity contribution in [1.29, 1.82) is 0 Å². The van der Waals surface area contributed by atoms with E-state index in [0.29, 0.717) is 12.2 Å². The minimum Gasteiger partial charge on any atom is -0.369 e. The van der Waals surface area contributed by atoms with E-state index in [9.17, 15) is 0 Å². The van der Waals surface area contributed by atoms with Crippen LogP contribution in [0.2, 0.25) is 0 Å². The van der Waals surface area contributed by atoms with E-state index >= 15 is 0 Å². The maximum Gasteiger partial charge on any atom is 0.0869 e. The van der Waals surface area contributed by atoms with Crippen LogP contribution in [0.25, 0.3) is 0 Å². The van der Waals surface area contributed by atoms with Gasteiger partial charge in [0, 0.05) is 0 Å². The summed E-state index contributed by atoms with van der Waals surface area (Å²) in [5, 5.41) is 0. The number of fused-ring (bicyclic) bond motifs is 1. The van der Waals surface area contributed by atoms with Gasteiger partial charge in [-0.2, -0.15) is 0 Å². The lowest BCUT2D eigenvalue weighted by Gasteiger charge is -2.06. The second-order valence-electron chi connectivity index (χ2n) is 3.27. The van der Waals surface area contributed by atoms with E-state index in [1.165, 1.54) is 25.7 Å². The fraction of sp³-hybridized carbons (Fsp3) is 1.00. The molecule has 3 atom stereocenters. The molecular formula is C8H14O. The summed E-state index contributed by atoms with van der Waals surface area (Å²) in [5.41, 5.74) is 0. The molecule has 3 unspecified atom stereocenters. The van der Waals surface area contributed by atoms with Crippen LogP contribution in [-0.4, -0.2) is 12.2 Å². The third-order valence-electron chi connectivity index (χ3n) is 2.57. The quantitative estimate of drug-likeness (QED) is 0.515. The summed E-state index contributed by atoms with van der Waals surface area (Å²) < 4.78 is 5.42. The molecule has 0 spiro atoms. The van der Waals surface area contributed by atoms with E-state index in [2.05, 4.69) is 6.92 Å². The predicted octanol–water partition coefficient (Wildman–Crippen LogP) is 1.96. The molecule has 1 saturated carbocycles. The van der Waals surface area contributed by atoms with E-state index < -0.39 is 0 Å². The highest BCUT2D eigenvalue weighted by atomic mass is 16.6. The van der Waals surface area contributed by atoms with Crippen LogP contribution in [0.3, 0.4) is 0 Å². The Morgan fingerprint density at radius 1 is 1.44 bits per heavy atom. The number of ether oxygens (including phenoxy) is 1. The Morgan fingerprint density at radius 3 is 2.78 bits per heavy atom. The molecule has 1 heterocycles. The summed E-state index contributed by atoms with van der Waals surface area (Å²) in [7, 11) is 0. The SMILES string of the molecule is CCCC1CCC2OC12. The Kier molecular flexibility index (Phi) is 1.26. The van der Waals surface area contributed by atoms with Crippen LogP contribution >= 0.6 is 0 Å². The van der Waals surface area contributed by atoms with Gasteiger partial charge in [-0.25, -0.2) is 0 Å². The molecule has 9 heavy (non-hydrogen) atoms. The van der Waals surface area contributed by atoms with Crippen LogP contribution in [0.15, 0.2) is 0 Å². The number of rotatable bonds is 2. The van der Waals surface area contributed by atoms with Crippen LogP contribution < -0.4 is 0 Å². The summed E-state index contributed by atoms with van der Waals surface area (Å²) in [6.07, 6.45) is 6.89. The largest absolute Gasteiger partial charge is 0.369 e. The first kappa shape index (κ1) is 5.72. The summed E-state index contributed by atoms with van der Waals surface area (Å²) in [6.45, 7) is 2.26. The van der Waals surface area contributed by atoms with E-state index in [4.69, 9.17) is 4.74 Å². The molecular weight excluding hydrogens is 112 g/mol. The summed E-state index contributed by atoms with van der Waals surface area (Å²) in [4.78, 5) is 0. The van der Waals surface area contributed by atoms with Gasteiger partial charge in [-0.15, -0.1) is 0 Å². The molecule has 0 aromatic carbocycles. The van der Waals surface area contributed by atoms with E-state index in [-0.39, 0.29) is 0 Å². The third kappa shape index (κ3) is 0.877. The predicted molar refractivity (Wildman–Crippen MR) is 36.3 cm³/mol. The van der Waals surface area contributed by atoms with Crippen molar-refractivity contribution in [3.8, 4) is 0 Å². The summed E-state index contributed by atoms with van der Waals surface area (Å²) in [5.74, 6) is 0.931. The monoisotopic (exact) mass is 126 g/mol. The van der Waals surface area contributed by atoms with Gasteiger partial charge in [0.15, 0.2) is 0 Å². The molecule has 0 N–H and O–H groups in total. The van der Waals surface area contributed by atoms with Gasteiger partial charge in [-0.05, 0) is 25.2 Å². The molecule has 0 bridgehead atoms. The van der Waals surface area contributed by atoms with Gasteiger partial charge in [0.2, 0.25) is 0 Å². The Labute approximate surface area is 56.4 Å². The zero-order chi connectivity index (χ0) is 6.27. The minimum atomic E-state index is 0.696. The highest BCUT2D eigenvalue weighted by Gasteiger charge is 2.49. The maximum absolute atomic E-state index is 5.42. The lowest BCUT2D eigenvalue weighted by molar-refractivity contribution is 0.256. The second kappa shape index (κ2) is 1.98. The first-order valence-electron chi connectivity index (χ1n) is 4.07. The van der Waals surface area contributed by atoms with Gasteiger partial charge in [0.25, 0.3) is 0 Å². The zero-order valence-electron chi connectivity index (χ0n) is 5.97. The zero-order valence-corrected chi connectivity index (χ0v) is 5.97. The smallest absolute Gasteiger partial charge is 0.0869 e. The fourth-order valence-corrected chi connectivity index (χ4v) is 2.03. The number of hydrogen-bond donors (Lipinski definition) is 0. The minimum absolute atomic E-state index is 0.696. The van der Waals surface area contributed by atoms with Crippen LogP contribution in [0, 0.1) is 5.92 Å². The van der Waals surface area contributed by atoms with Gasteiger partial charge >= 0.3 is 0 Å². The lowest BCUT2D eigenvalue weighted by Crippen LogP contribution is -2.02. The lowest BCUT2D eigenvalue weighted by atomic mass is 10.0. The molecule has 2 rings (SSSR count). The van der Waals surface area contributed by atoms with Crippen LogP contribution in [0.4, 0.5) is 0 Å². The molecule has 1 saturated heterocycles. The Hall–Kier alpha value is -0.0400. The van der Waals surface area contributed by atoms with Crippen LogP contribution in [0.5, 0.6) is 0 Å². The molecule has 2 aliphatic rings. The maximum atomic E-state index is 5.42. The van der Waals surface area contributed by atoms with Crippen molar-refractivity contribution >= 4 is 0 Å². The Bertz CT molecular complexity index is 111. The molecule has 0 aromatic rings. The van der Waals surface area contributed by atoms with Gasteiger partial charge < -0.3 is 4.74 Å². The Morgan fingerprint density at radius 2 is 2.33 bits per heavy atom. The molecule has 1 heteroatoms. The standard InChI is InChI=1S/C8H14O/c1-2-3-6-4-5-7-8(6)9-7/h6-8H,2-5H2,1H3. The normalized spacial score (nSPS) is 47.0. The van der Waals surface area contributed by atoms with Gasteiger partial charge in [0.1, 0.15) is 0 Å². The van der Waals surface area contributed by atoms with Crippen LogP contribution in [-0.2, 0) is 4.74 Å². The molecule has 0 aromatic heterocycles. The van der Waals surface area contributed by atoms with Crippen molar-refractivity contribution < 1.29 is 4.74 Å². The van der Waals surface area contributed by atoms with Crippen molar-refractivity contribution in [3.63, 3.8) is 0 Å².